The molecule has 1 saturated carbocycles. The van der Waals surface area contributed by atoms with Crippen molar-refractivity contribution < 1.29 is 14.0 Å². The van der Waals surface area contributed by atoms with E-state index in [1.54, 1.807) is 26.6 Å². The van der Waals surface area contributed by atoms with Gasteiger partial charge in [-0.05, 0) is 43.2 Å². The molecule has 1 aromatic carbocycles. The molecule has 7 heteroatoms. The number of nitrogens with zero attached hydrogens (tertiary/aromatic N) is 4. The highest BCUT2D eigenvalue weighted by atomic mass is 19.1. The molecule has 2 heterocycles. The third-order valence-electron chi connectivity index (χ3n) is 4.77. The Bertz CT molecular complexity index is 790. The second kappa shape index (κ2) is 6.31. The Balaban J connectivity index is 1.60. The van der Waals surface area contributed by atoms with Crippen molar-refractivity contribution in [3.63, 3.8) is 0 Å². The van der Waals surface area contributed by atoms with Crippen LogP contribution in [-0.4, -0.2) is 58.1 Å². The molecule has 1 aromatic heterocycles. The van der Waals surface area contributed by atoms with E-state index in [0.29, 0.717) is 37.8 Å². The lowest BCUT2D eigenvalue weighted by Crippen LogP contribution is -2.48. The number of amides is 2. The molecule has 0 unspecified atom stereocenters. The molecule has 1 aliphatic heterocycles. The van der Waals surface area contributed by atoms with Crippen LogP contribution in [0.1, 0.15) is 34.9 Å². The molecule has 1 saturated heterocycles. The zero-order valence-electron chi connectivity index (χ0n) is 13.8. The van der Waals surface area contributed by atoms with Crippen molar-refractivity contribution in [1.82, 2.24) is 19.6 Å². The van der Waals surface area contributed by atoms with E-state index < -0.39 is 0 Å². The third-order valence-corrected chi connectivity index (χ3v) is 4.77. The minimum atomic E-state index is -0.298. The summed E-state index contributed by atoms with van der Waals surface area (Å²) < 4.78 is 14.9. The van der Waals surface area contributed by atoms with Gasteiger partial charge < -0.3 is 9.80 Å². The van der Waals surface area contributed by atoms with Crippen LogP contribution in [0.15, 0.2) is 30.3 Å². The topological polar surface area (TPSA) is 58.4 Å². The highest BCUT2D eigenvalue weighted by molar-refractivity contribution is 5.92. The van der Waals surface area contributed by atoms with Gasteiger partial charge in [-0.2, -0.15) is 5.10 Å². The SMILES string of the molecule is O=CN1CCN(C(=O)c2cc(C3CC3)n(-c3ccc(F)cc3)n2)CC1. The van der Waals surface area contributed by atoms with Crippen molar-refractivity contribution in [2.45, 2.75) is 18.8 Å². The van der Waals surface area contributed by atoms with Crippen molar-refractivity contribution in [2.24, 2.45) is 0 Å². The first kappa shape index (κ1) is 15.8. The molecule has 0 bridgehead atoms. The molecule has 2 amide bonds. The Morgan fingerprint density at radius 3 is 2.40 bits per heavy atom. The van der Waals surface area contributed by atoms with Crippen molar-refractivity contribution in [2.75, 3.05) is 26.2 Å². The standard InChI is InChI=1S/C18H19FN4O2/c19-14-3-5-15(6-4-14)23-17(13-1-2-13)11-16(20-23)18(25)22-9-7-21(12-24)8-10-22/h3-6,11-13H,1-2,7-10H2. The minimum Gasteiger partial charge on any atom is -0.342 e. The fourth-order valence-corrected chi connectivity index (χ4v) is 3.15. The Labute approximate surface area is 144 Å². The van der Waals surface area contributed by atoms with Crippen LogP contribution >= 0.6 is 0 Å². The van der Waals surface area contributed by atoms with E-state index >= 15 is 0 Å². The Hall–Kier alpha value is -2.70. The van der Waals surface area contributed by atoms with Gasteiger partial charge in [-0.3, -0.25) is 9.59 Å². The average molecular weight is 342 g/mol. The summed E-state index contributed by atoms with van der Waals surface area (Å²) in [7, 11) is 0. The fraction of sp³-hybridized carbons (Fsp3) is 0.389. The molecule has 0 atom stereocenters. The lowest BCUT2D eigenvalue weighted by molar-refractivity contribution is -0.119. The lowest BCUT2D eigenvalue weighted by Gasteiger charge is -2.32. The predicted molar refractivity (Wildman–Crippen MR) is 89.0 cm³/mol. The van der Waals surface area contributed by atoms with Crippen LogP contribution in [0.5, 0.6) is 0 Å². The number of halogens is 1. The van der Waals surface area contributed by atoms with E-state index in [-0.39, 0.29) is 11.7 Å². The summed E-state index contributed by atoms with van der Waals surface area (Å²) in [5.41, 5.74) is 2.17. The van der Waals surface area contributed by atoms with Crippen molar-refractivity contribution >= 4 is 12.3 Å². The highest BCUT2D eigenvalue weighted by Crippen LogP contribution is 2.41. The number of benzene rings is 1. The molecule has 6 nitrogen and oxygen atoms in total. The fourth-order valence-electron chi connectivity index (χ4n) is 3.15. The van der Waals surface area contributed by atoms with E-state index in [1.807, 2.05) is 6.07 Å². The summed E-state index contributed by atoms with van der Waals surface area (Å²) in [5.74, 6) is -0.00690. The first-order valence-corrected chi connectivity index (χ1v) is 8.50. The van der Waals surface area contributed by atoms with Gasteiger partial charge in [0, 0.05) is 37.8 Å². The normalized spacial score (nSPS) is 17.6. The molecule has 2 fully saturated rings. The van der Waals surface area contributed by atoms with E-state index in [4.69, 9.17) is 0 Å². The molecule has 1 aliphatic carbocycles. The number of piperazine rings is 1. The number of rotatable bonds is 4. The number of aromatic nitrogens is 2. The van der Waals surface area contributed by atoms with E-state index in [0.717, 1.165) is 30.6 Å². The third kappa shape index (κ3) is 3.14. The summed E-state index contributed by atoms with van der Waals surface area (Å²) >= 11 is 0. The molecular weight excluding hydrogens is 323 g/mol. The van der Waals surface area contributed by atoms with Gasteiger partial charge in [0.25, 0.3) is 5.91 Å². The Kier molecular flexibility index (Phi) is 3.99. The quantitative estimate of drug-likeness (QED) is 0.796. The first-order valence-electron chi connectivity index (χ1n) is 8.50. The molecule has 4 rings (SSSR count). The largest absolute Gasteiger partial charge is 0.342 e. The smallest absolute Gasteiger partial charge is 0.274 e. The van der Waals surface area contributed by atoms with Crippen LogP contribution in [0.2, 0.25) is 0 Å². The van der Waals surface area contributed by atoms with Gasteiger partial charge in [0.2, 0.25) is 6.41 Å². The van der Waals surface area contributed by atoms with Gasteiger partial charge in [0.1, 0.15) is 5.82 Å². The van der Waals surface area contributed by atoms with Crippen LogP contribution in [0.25, 0.3) is 5.69 Å². The van der Waals surface area contributed by atoms with Crippen LogP contribution in [0.4, 0.5) is 4.39 Å². The van der Waals surface area contributed by atoms with Gasteiger partial charge in [-0.15, -0.1) is 0 Å². The molecule has 0 radical (unpaired) electrons. The van der Waals surface area contributed by atoms with E-state index in [1.165, 1.54) is 12.1 Å². The maximum absolute atomic E-state index is 13.2. The van der Waals surface area contributed by atoms with Gasteiger partial charge >= 0.3 is 0 Å². The zero-order chi connectivity index (χ0) is 17.4. The van der Waals surface area contributed by atoms with Gasteiger partial charge in [0.05, 0.1) is 5.69 Å². The highest BCUT2D eigenvalue weighted by Gasteiger charge is 2.31. The predicted octanol–water partition coefficient (Wildman–Crippen LogP) is 1.80. The molecular formula is C18H19FN4O2. The molecule has 130 valence electrons. The van der Waals surface area contributed by atoms with Crippen molar-refractivity contribution in [1.29, 1.82) is 0 Å². The Morgan fingerprint density at radius 1 is 1.12 bits per heavy atom. The van der Waals surface area contributed by atoms with Crippen molar-refractivity contribution in [3.05, 3.63) is 47.5 Å². The van der Waals surface area contributed by atoms with Crippen LogP contribution in [-0.2, 0) is 4.79 Å². The second-order valence-corrected chi connectivity index (χ2v) is 6.55. The maximum atomic E-state index is 13.2. The molecule has 2 aliphatic rings. The van der Waals surface area contributed by atoms with Gasteiger partial charge in [-0.1, -0.05) is 0 Å². The van der Waals surface area contributed by atoms with E-state index in [9.17, 15) is 14.0 Å². The van der Waals surface area contributed by atoms with Crippen LogP contribution in [0.3, 0.4) is 0 Å². The summed E-state index contributed by atoms with van der Waals surface area (Å²) in [6.45, 7) is 2.12. The van der Waals surface area contributed by atoms with Gasteiger partial charge in [-0.25, -0.2) is 9.07 Å². The molecule has 2 aromatic rings. The summed E-state index contributed by atoms with van der Waals surface area (Å²) in [5, 5.41) is 4.51. The number of hydrogen-bond acceptors (Lipinski definition) is 3. The number of hydrogen-bond donors (Lipinski definition) is 0. The lowest BCUT2D eigenvalue weighted by atomic mass is 10.2. The monoisotopic (exact) mass is 342 g/mol. The zero-order valence-corrected chi connectivity index (χ0v) is 13.8. The summed E-state index contributed by atoms with van der Waals surface area (Å²) in [6.07, 6.45) is 2.98. The minimum absolute atomic E-state index is 0.117. The molecule has 0 N–H and O–H groups in total. The Morgan fingerprint density at radius 2 is 1.80 bits per heavy atom. The maximum Gasteiger partial charge on any atom is 0.274 e. The van der Waals surface area contributed by atoms with Crippen LogP contribution in [0, 0.1) is 5.82 Å². The van der Waals surface area contributed by atoms with Crippen LogP contribution < -0.4 is 0 Å². The number of carbonyl (C=O) groups is 2. The van der Waals surface area contributed by atoms with E-state index in [2.05, 4.69) is 5.10 Å². The number of carbonyl (C=O) groups excluding carboxylic acids is 2. The average Bonchev–Trinajstić information content (AvgIpc) is 3.40. The second-order valence-electron chi connectivity index (χ2n) is 6.55. The molecule has 25 heavy (non-hydrogen) atoms. The molecule has 0 spiro atoms. The summed E-state index contributed by atoms with van der Waals surface area (Å²) in [6, 6.07) is 7.99. The van der Waals surface area contributed by atoms with Crippen molar-refractivity contribution in [3.8, 4) is 5.69 Å². The van der Waals surface area contributed by atoms with Gasteiger partial charge in [0.15, 0.2) is 5.69 Å². The first-order chi connectivity index (χ1) is 12.2. The summed E-state index contributed by atoms with van der Waals surface area (Å²) in [4.78, 5) is 27.0.